The normalized spacial score (nSPS) is 23.0. The van der Waals surface area contributed by atoms with E-state index in [0.717, 1.165) is 23.8 Å². The molecule has 1 aromatic heterocycles. The van der Waals surface area contributed by atoms with Crippen molar-refractivity contribution < 1.29 is 4.74 Å². The van der Waals surface area contributed by atoms with Crippen molar-refractivity contribution >= 4 is 11.8 Å². The first-order valence-corrected chi connectivity index (χ1v) is 6.76. The zero-order chi connectivity index (χ0) is 11.4. The van der Waals surface area contributed by atoms with Crippen molar-refractivity contribution in [2.45, 2.75) is 19.1 Å². The number of rotatable bonds is 3. The molecule has 1 N–H and O–H groups in total. The Labute approximate surface area is 101 Å². The predicted octanol–water partition coefficient (Wildman–Crippen LogP) is 1.78. The van der Waals surface area contributed by atoms with Gasteiger partial charge in [0, 0.05) is 23.4 Å². The number of aryl methyl sites for hydroxylation is 1. The van der Waals surface area contributed by atoms with Crippen LogP contribution >= 0.6 is 11.8 Å². The van der Waals surface area contributed by atoms with E-state index in [1.54, 1.807) is 0 Å². The van der Waals surface area contributed by atoms with E-state index in [-0.39, 0.29) is 12.1 Å². The first kappa shape index (κ1) is 11.9. The fourth-order valence-electron chi connectivity index (χ4n) is 1.93. The summed E-state index contributed by atoms with van der Waals surface area (Å²) >= 11 is 1.96. The Morgan fingerprint density at radius 1 is 1.56 bits per heavy atom. The molecule has 4 heteroatoms. The lowest BCUT2D eigenvalue weighted by Gasteiger charge is -2.30. The lowest BCUT2D eigenvalue weighted by atomic mass is 10.0. The van der Waals surface area contributed by atoms with Crippen LogP contribution in [0.4, 0.5) is 0 Å². The van der Waals surface area contributed by atoms with Crippen molar-refractivity contribution in [3.05, 3.63) is 29.6 Å². The van der Waals surface area contributed by atoms with E-state index in [0.29, 0.717) is 0 Å². The van der Waals surface area contributed by atoms with E-state index < -0.39 is 0 Å². The third-order valence-electron chi connectivity index (χ3n) is 2.82. The van der Waals surface area contributed by atoms with Crippen LogP contribution in [0.15, 0.2) is 18.3 Å². The first-order chi connectivity index (χ1) is 7.81. The number of hydrogen-bond acceptors (Lipinski definition) is 4. The molecular formula is C12H18N2OS. The largest absolute Gasteiger partial charge is 0.375 e. The summed E-state index contributed by atoms with van der Waals surface area (Å²) in [6, 6.07) is 4.43. The zero-order valence-corrected chi connectivity index (χ0v) is 10.6. The highest BCUT2D eigenvalue weighted by Gasteiger charge is 2.25. The van der Waals surface area contributed by atoms with Crippen LogP contribution in [0, 0.1) is 6.92 Å². The van der Waals surface area contributed by atoms with Gasteiger partial charge in [0.15, 0.2) is 0 Å². The molecule has 1 aliphatic heterocycles. The van der Waals surface area contributed by atoms with E-state index in [1.807, 2.05) is 31.9 Å². The highest BCUT2D eigenvalue weighted by molar-refractivity contribution is 7.99. The lowest BCUT2D eigenvalue weighted by Crippen LogP contribution is -2.36. The van der Waals surface area contributed by atoms with Crippen LogP contribution in [-0.2, 0) is 4.74 Å². The van der Waals surface area contributed by atoms with Gasteiger partial charge in [-0.15, -0.1) is 0 Å². The number of aromatic nitrogens is 1. The Balaban J connectivity index is 2.11. The highest BCUT2D eigenvalue weighted by Crippen LogP contribution is 2.24. The Hall–Kier alpha value is -0.580. The molecule has 16 heavy (non-hydrogen) atoms. The van der Waals surface area contributed by atoms with Gasteiger partial charge in [-0.05, 0) is 25.6 Å². The van der Waals surface area contributed by atoms with Crippen LogP contribution in [0.5, 0.6) is 0 Å². The monoisotopic (exact) mass is 238 g/mol. The third kappa shape index (κ3) is 2.75. The van der Waals surface area contributed by atoms with Gasteiger partial charge in [0.2, 0.25) is 0 Å². The number of thioether (sulfide) groups is 1. The molecule has 1 aromatic rings. The van der Waals surface area contributed by atoms with E-state index in [9.17, 15) is 0 Å². The van der Waals surface area contributed by atoms with Gasteiger partial charge in [-0.2, -0.15) is 11.8 Å². The van der Waals surface area contributed by atoms with Crippen LogP contribution in [0.3, 0.4) is 0 Å². The van der Waals surface area contributed by atoms with Gasteiger partial charge in [0.1, 0.15) is 0 Å². The maximum atomic E-state index is 5.80. The van der Waals surface area contributed by atoms with Gasteiger partial charge in [-0.3, -0.25) is 4.98 Å². The molecule has 1 saturated heterocycles. The van der Waals surface area contributed by atoms with Crippen molar-refractivity contribution in [3.8, 4) is 0 Å². The van der Waals surface area contributed by atoms with Crippen molar-refractivity contribution in [2.75, 3.05) is 25.2 Å². The minimum atomic E-state index is 0.251. The molecule has 0 bridgehead atoms. The maximum absolute atomic E-state index is 5.80. The molecule has 2 atom stereocenters. The molecule has 88 valence electrons. The van der Waals surface area contributed by atoms with Gasteiger partial charge < -0.3 is 10.1 Å². The number of likely N-dealkylation sites (N-methyl/N-ethyl adjacent to an activating group) is 1. The average molecular weight is 238 g/mol. The molecule has 0 aromatic carbocycles. The number of nitrogens with zero attached hydrogens (tertiary/aromatic N) is 1. The second-order valence-corrected chi connectivity index (χ2v) is 5.13. The summed E-state index contributed by atoms with van der Waals surface area (Å²) in [5.74, 6) is 2.17. The molecule has 2 unspecified atom stereocenters. The molecule has 0 spiro atoms. The SMILES string of the molecule is CNC(c1ccc(C)nc1)C1CSCCO1. The molecule has 0 aliphatic carbocycles. The van der Waals surface area contributed by atoms with Crippen molar-refractivity contribution in [2.24, 2.45) is 0 Å². The number of ether oxygens (including phenoxy) is 1. The lowest BCUT2D eigenvalue weighted by molar-refractivity contribution is 0.0487. The molecule has 1 fully saturated rings. The van der Waals surface area contributed by atoms with Gasteiger partial charge in [-0.1, -0.05) is 6.07 Å². The van der Waals surface area contributed by atoms with Crippen molar-refractivity contribution in [1.29, 1.82) is 0 Å². The Kier molecular flexibility index (Phi) is 4.21. The molecule has 2 heterocycles. The summed E-state index contributed by atoms with van der Waals surface area (Å²) in [5, 5.41) is 3.33. The van der Waals surface area contributed by atoms with Crippen LogP contribution in [-0.4, -0.2) is 36.2 Å². The molecule has 1 aliphatic rings. The summed E-state index contributed by atoms with van der Waals surface area (Å²) < 4.78 is 5.80. The van der Waals surface area contributed by atoms with Crippen LogP contribution in [0.1, 0.15) is 17.3 Å². The Morgan fingerprint density at radius 2 is 2.44 bits per heavy atom. The number of hydrogen-bond donors (Lipinski definition) is 1. The molecule has 0 amide bonds. The number of pyridine rings is 1. The molecular weight excluding hydrogens is 220 g/mol. The predicted molar refractivity (Wildman–Crippen MR) is 67.8 cm³/mol. The zero-order valence-electron chi connectivity index (χ0n) is 9.77. The standard InChI is InChI=1S/C12H18N2OS/c1-9-3-4-10(7-14-9)12(13-2)11-8-16-6-5-15-11/h3-4,7,11-13H,5-6,8H2,1-2H3. The highest BCUT2D eigenvalue weighted by atomic mass is 32.2. The molecule has 3 nitrogen and oxygen atoms in total. The fraction of sp³-hybridized carbons (Fsp3) is 0.583. The summed E-state index contributed by atoms with van der Waals surface area (Å²) in [6.45, 7) is 2.86. The Bertz CT molecular complexity index is 322. The minimum absolute atomic E-state index is 0.251. The second kappa shape index (κ2) is 5.66. The summed E-state index contributed by atoms with van der Waals surface area (Å²) in [6.07, 6.45) is 2.20. The van der Waals surface area contributed by atoms with Gasteiger partial charge >= 0.3 is 0 Å². The third-order valence-corrected chi connectivity index (χ3v) is 3.84. The average Bonchev–Trinajstić information content (AvgIpc) is 2.34. The van der Waals surface area contributed by atoms with E-state index in [1.165, 1.54) is 5.56 Å². The van der Waals surface area contributed by atoms with Crippen LogP contribution in [0.25, 0.3) is 0 Å². The van der Waals surface area contributed by atoms with Gasteiger partial charge in [-0.25, -0.2) is 0 Å². The quantitative estimate of drug-likeness (QED) is 0.870. The number of nitrogens with one attached hydrogen (secondary N) is 1. The van der Waals surface area contributed by atoms with E-state index in [4.69, 9.17) is 4.74 Å². The maximum Gasteiger partial charge on any atom is 0.0860 e. The second-order valence-electron chi connectivity index (χ2n) is 3.98. The van der Waals surface area contributed by atoms with Crippen LogP contribution < -0.4 is 5.32 Å². The smallest absolute Gasteiger partial charge is 0.0860 e. The van der Waals surface area contributed by atoms with Crippen molar-refractivity contribution in [1.82, 2.24) is 10.3 Å². The molecule has 2 rings (SSSR count). The Morgan fingerprint density at radius 3 is 3.00 bits per heavy atom. The molecule has 0 saturated carbocycles. The van der Waals surface area contributed by atoms with E-state index >= 15 is 0 Å². The van der Waals surface area contributed by atoms with E-state index in [2.05, 4.69) is 22.4 Å². The van der Waals surface area contributed by atoms with Crippen molar-refractivity contribution in [3.63, 3.8) is 0 Å². The molecule has 0 radical (unpaired) electrons. The summed E-state index contributed by atoms with van der Waals surface area (Å²) in [5.41, 5.74) is 2.26. The summed E-state index contributed by atoms with van der Waals surface area (Å²) in [7, 11) is 1.98. The van der Waals surface area contributed by atoms with Crippen LogP contribution in [0.2, 0.25) is 0 Å². The summed E-state index contributed by atoms with van der Waals surface area (Å²) in [4.78, 5) is 4.34. The van der Waals surface area contributed by atoms with Gasteiger partial charge in [0.25, 0.3) is 0 Å². The minimum Gasteiger partial charge on any atom is -0.375 e. The topological polar surface area (TPSA) is 34.2 Å². The first-order valence-electron chi connectivity index (χ1n) is 5.60. The van der Waals surface area contributed by atoms with Gasteiger partial charge in [0.05, 0.1) is 18.8 Å². The fourth-order valence-corrected chi connectivity index (χ4v) is 2.83.